The second-order valence-corrected chi connectivity index (χ2v) is 15.5. The number of hydrogen-bond acceptors (Lipinski definition) is 4. The molecule has 0 bridgehead atoms. The van der Waals surface area contributed by atoms with Gasteiger partial charge in [-0.25, -0.2) is 15.0 Å². The normalized spacial score (nSPS) is 11.9. The third-order valence-corrected chi connectivity index (χ3v) is 12.3. The summed E-state index contributed by atoms with van der Waals surface area (Å²) in [7, 11) is 0. The average Bonchev–Trinajstić information content (AvgIpc) is 3.79. The monoisotopic (exact) mass is 730 g/mol. The lowest BCUT2D eigenvalue weighted by atomic mass is 10.0. The third kappa shape index (κ3) is 4.88. The molecule has 3 heterocycles. The summed E-state index contributed by atoms with van der Waals surface area (Å²) in [6.07, 6.45) is 0. The molecule has 0 N–H and O–H groups in total. The molecule has 0 amide bonds. The van der Waals surface area contributed by atoms with Crippen LogP contribution in [0.25, 0.3) is 114 Å². The van der Waals surface area contributed by atoms with Crippen LogP contribution in [0.1, 0.15) is 0 Å². The molecule has 0 aliphatic carbocycles. The van der Waals surface area contributed by atoms with E-state index in [1.165, 1.54) is 52.5 Å². The fourth-order valence-electron chi connectivity index (χ4n) is 8.45. The second-order valence-electron chi connectivity index (χ2n) is 14.5. The van der Waals surface area contributed by atoms with E-state index in [-0.39, 0.29) is 0 Å². The maximum Gasteiger partial charge on any atom is 0.166 e. The van der Waals surface area contributed by atoms with Gasteiger partial charge in [0, 0.05) is 47.6 Å². The first-order valence-electron chi connectivity index (χ1n) is 18.8. The van der Waals surface area contributed by atoms with E-state index in [0.717, 1.165) is 44.2 Å². The number of nitrogens with zero attached hydrogens (tertiary/aromatic N) is 4. The zero-order valence-electron chi connectivity index (χ0n) is 30.0. The van der Waals surface area contributed by atoms with Crippen molar-refractivity contribution in [2.45, 2.75) is 0 Å². The van der Waals surface area contributed by atoms with Crippen molar-refractivity contribution in [3.63, 3.8) is 0 Å². The highest BCUT2D eigenvalue weighted by atomic mass is 32.1. The maximum atomic E-state index is 5.38. The fraction of sp³-hybridized carbons (Fsp3) is 0. The standard InChI is InChI=1S/C51H30N4S/c1-3-13-33-25-37(23-21-31(33)11-1)49-52-50(38-24-22-32-12-2-4-14-34(32)26-38)54-51(53-49)43-30-48-42(40-18-8-10-20-47(40)56-48)29-46(43)55-44-19-9-7-17-39(44)41-27-35-15-5-6-16-36(35)28-45(41)55/h1-30H. The predicted octanol–water partition coefficient (Wildman–Crippen LogP) is 13.8. The van der Waals surface area contributed by atoms with Crippen molar-refractivity contribution in [1.29, 1.82) is 0 Å². The van der Waals surface area contributed by atoms with Crippen LogP contribution < -0.4 is 0 Å². The highest BCUT2D eigenvalue weighted by Gasteiger charge is 2.22. The molecule has 260 valence electrons. The smallest absolute Gasteiger partial charge is 0.166 e. The molecule has 5 heteroatoms. The number of aromatic nitrogens is 4. The van der Waals surface area contributed by atoms with Crippen LogP contribution in [0.2, 0.25) is 0 Å². The van der Waals surface area contributed by atoms with E-state index in [0.29, 0.717) is 17.5 Å². The Morgan fingerprint density at radius 2 is 0.875 bits per heavy atom. The fourth-order valence-corrected chi connectivity index (χ4v) is 9.58. The van der Waals surface area contributed by atoms with Crippen molar-refractivity contribution in [3.8, 4) is 39.9 Å². The first kappa shape index (κ1) is 31.2. The first-order valence-corrected chi connectivity index (χ1v) is 19.7. The minimum absolute atomic E-state index is 0.632. The van der Waals surface area contributed by atoms with Gasteiger partial charge in [-0.1, -0.05) is 133 Å². The summed E-state index contributed by atoms with van der Waals surface area (Å²) in [5, 5.41) is 11.9. The zero-order valence-corrected chi connectivity index (χ0v) is 30.8. The van der Waals surface area contributed by atoms with E-state index in [4.69, 9.17) is 15.0 Å². The Hall–Kier alpha value is -7.21. The Kier molecular flexibility index (Phi) is 6.76. The molecule has 0 aliphatic heterocycles. The first-order chi connectivity index (χ1) is 27.7. The molecular weight excluding hydrogens is 701 g/mol. The Labute approximate surface area is 325 Å². The van der Waals surface area contributed by atoms with E-state index < -0.39 is 0 Å². The molecule has 0 atom stereocenters. The highest BCUT2D eigenvalue weighted by molar-refractivity contribution is 7.25. The van der Waals surface area contributed by atoms with Crippen LogP contribution in [-0.2, 0) is 0 Å². The van der Waals surface area contributed by atoms with Gasteiger partial charge in [-0.15, -0.1) is 11.3 Å². The Morgan fingerprint density at radius 3 is 1.55 bits per heavy atom. The van der Waals surface area contributed by atoms with Gasteiger partial charge in [0.05, 0.1) is 16.7 Å². The van der Waals surface area contributed by atoms with E-state index in [9.17, 15) is 0 Å². The van der Waals surface area contributed by atoms with Gasteiger partial charge in [0.1, 0.15) is 0 Å². The van der Waals surface area contributed by atoms with Crippen LogP contribution in [0.15, 0.2) is 182 Å². The van der Waals surface area contributed by atoms with Gasteiger partial charge in [0.15, 0.2) is 17.5 Å². The number of fused-ring (bicyclic) bond motifs is 9. The summed E-state index contributed by atoms with van der Waals surface area (Å²) in [6.45, 7) is 0. The highest BCUT2D eigenvalue weighted by Crippen LogP contribution is 2.43. The maximum absolute atomic E-state index is 5.38. The minimum atomic E-state index is 0.632. The summed E-state index contributed by atoms with van der Waals surface area (Å²) in [4.78, 5) is 16.0. The van der Waals surface area contributed by atoms with E-state index in [1.807, 2.05) is 11.3 Å². The number of rotatable bonds is 4. The Balaban J connectivity index is 1.20. The summed E-state index contributed by atoms with van der Waals surface area (Å²) in [5.74, 6) is 1.91. The van der Waals surface area contributed by atoms with Crippen LogP contribution in [0, 0.1) is 0 Å². The number of thiophene rings is 1. The van der Waals surface area contributed by atoms with Gasteiger partial charge >= 0.3 is 0 Å². The van der Waals surface area contributed by atoms with Crippen LogP contribution in [0.5, 0.6) is 0 Å². The molecule has 3 aromatic heterocycles. The lowest BCUT2D eigenvalue weighted by Gasteiger charge is -2.16. The number of benzene rings is 9. The molecular formula is C51H30N4S. The van der Waals surface area contributed by atoms with Gasteiger partial charge in [0.25, 0.3) is 0 Å². The molecule has 12 rings (SSSR count). The molecule has 4 nitrogen and oxygen atoms in total. The molecule has 0 fully saturated rings. The molecule has 0 unspecified atom stereocenters. The minimum Gasteiger partial charge on any atom is -0.308 e. The van der Waals surface area contributed by atoms with Crippen molar-refractivity contribution in [1.82, 2.24) is 19.5 Å². The van der Waals surface area contributed by atoms with Crippen molar-refractivity contribution in [2.24, 2.45) is 0 Å². The van der Waals surface area contributed by atoms with Gasteiger partial charge in [-0.05, 0) is 80.8 Å². The Morgan fingerprint density at radius 1 is 0.339 bits per heavy atom. The molecule has 0 saturated carbocycles. The van der Waals surface area contributed by atoms with Gasteiger partial charge in [0.2, 0.25) is 0 Å². The van der Waals surface area contributed by atoms with Crippen molar-refractivity contribution < 1.29 is 0 Å². The number of para-hydroxylation sites is 1. The molecule has 56 heavy (non-hydrogen) atoms. The molecule has 0 spiro atoms. The summed E-state index contributed by atoms with van der Waals surface area (Å²) >= 11 is 1.81. The van der Waals surface area contributed by atoms with Crippen molar-refractivity contribution >= 4 is 85.6 Å². The third-order valence-electron chi connectivity index (χ3n) is 11.2. The molecule has 0 aliphatic rings. The molecule has 9 aromatic carbocycles. The lowest BCUT2D eigenvalue weighted by molar-refractivity contribution is 1.07. The van der Waals surface area contributed by atoms with E-state index in [2.05, 4.69) is 187 Å². The largest absolute Gasteiger partial charge is 0.308 e. The summed E-state index contributed by atoms with van der Waals surface area (Å²) in [6, 6.07) is 65.2. The van der Waals surface area contributed by atoms with E-state index in [1.54, 1.807) is 0 Å². The van der Waals surface area contributed by atoms with Gasteiger partial charge < -0.3 is 4.57 Å². The van der Waals surface area contributed by atoms with Crippen LogP contribution >= 0.6 is 11.3 Å². The van der Waals surface area contributed by atoms with Crippen LogP contribution in [-0.4, -0.2) is 19.5 Å². The zero-order chi connectivity index (χ0) is 36.7. The molecule has 12 aromatic rings. The van der Waals surface area contributed by atoms with Crippen LogP contribution in [0.3, 0.4) is 0 Å². The molecule has 0 saturated heterocycles. The predicted molar refractivity (Wildman–Crippen MR) is 236 cm³/mol. The van der Waals surface area contributed by atoms with Crippen molar-refractivity contribution in [2.75, 3.05) is 0 Å². The SMILES string of the molecule is c1ccc2cc(-c3nc(-c4ccc5ccccc5c4)nc(-c4cc5sc6ccccc6c5cc4-n4c5ccccc5c5cc6ccccc6cc54)n3)ccc2c1. The quantitative estimate of drug-likeness (QED) is 0.181. The summed E-state index contributed by atoms with van der Waals surface area (Å²) in [5.41, 5.74) is 6.15. The van der Waals surface area contributed by atoms with Gasteiger partial charge in [-0.2, -0.15) is 0 Å². The van der Waals surface area contributed by atoms with E-state index >= 15 is 0 Å². The van der Waals surface area contributed by atoms with Crippen molar-refractivity contribution in [3.05, 3.63) is 182 Å². The second kappa shape index (κ2) is 12.2. The lowest BCUT2D eigenvalue weighted by Crippen LogP contribution is -2.04. The molecule has 0 radical (unpaired) electrons. The topological polar surface area (TPSA) is 43.6 Å². The summed E-state index contributed by atoms with van der Waals surface area (Å²) < 4.78 is 4.87. The Bertz CT molecular complexity index is 3460. The average molecular weight is 731 g/mol. The van der Waals surface area contributed by atoms with Gasteiger partial charge in [-0.3, -0.25) is 0 Å². The number of hydrogen-bond donors (Lipinski definition) is 0. The van der Waals surface area contributed by atoms with Crippen LogP contribution in [0.4, 0.5) is 0 Å².